The molecule has 5 nitrogen and oxygen atoms in total. The summed E-state index contributed by atoms with van der Waals surface area (Å²) in [4.78, 5) is 31.3. The Labute approximate surface area is 224 Å². The van der Waals surface area contributed by atoms with E-state index in [-0.39, 0.29) is 11.8 Å². The van der Waals surface area contributed by atoms with Crippen LogP contribution in [0.25, 0.3) is 0 Å². The first-order valence-corrected chi connectivity index (χ1v) is 13.2. The smallest absolute Gasteiger partial charge is 0.243 e. The molecule has 0 unspecified atom stereocenters. The van der Waals surface area contributed by atoms with Gasteiger partial charge in [0.2, 0.25) is 11.8 Å². The maximum Gasteiger partial charge on any atom is 0.243 e. The van der Waals surface area contributed by atoms with Crippen LogP contribution in [0.1, 0.15) is 55.2 Å². The Morgan fingerprint density at radius 1 is 0.526 bits per heavy atom. The fraction of sp³-hybridized carbons (Fsp3) is 0.212. The summed E-state index contributed by atoms with van der Waals surface area (Å²) in [7, 11) is 0. The number of hydrogen-bond donors (Lipinski definition) is 2. The lowest BCUT2D eigenvalue weighted by Crippen LogP contribution is -2.40. The van der Waals surface area contributed by atoms with E-state index in [1.807, 2.05) is 121 Å². The molecule has 2 amide bonds. The van der Waals surface area contributed by atoms with Gasteiger partial charge in [-0.15, -0.1) is 0 Å². The van der Waals surface area contributed by atoms with E-state index in [4.69, 9.17) is 4.84 Å². The number of benzene rings is 4. The Hall–Kier alpha value is -4.22. The molecule has 0 aromatic heterocycles. The van der Waals surface area contributed by atoms with Crippen LogP contribution in [-0.2, 0) is 20.0 Å². The van der Waals surface area contributed by atoms with Gasteiger partial charge in [-0.2, -0.15) is 0 Å². The van der Waals surface area contributed by atoms with Crippen molar-refractivity contribution in [3.05, 3.63) is 138 Å². The first kappa shape index (κ1) is 26.8. The molecule has 0 radical (unpaired) electrons. The van der Waals surface area contributed by atoms with Gasteiger partial charge >= 0.3 is 0 Å². The summed E-state index contributed by atoms with van der Waals surface area (Å²) in [6.07, 6.45) is 4.09. The number of para-hydroxylation sites is 1. The minimum absolute atomic E-state index is 0.0152. The van der Waals surface area contributed by atoms with Crippen LogP contribution in [-0.4, -0.2) is 11.8 Å². The van der Waals surface area contributed by atoms with Gasteiger partial charge in [-0.25, -0.2) is 5.48 Å². The van der Waals surface area contributed by atoms with E-state index in [9.17, 15) is 9.59 Å². The van der Waals surface area contributed by atoms with E-state index < -0.39 is 5.60 Å². The molecule has 4 aromatic carbocycles. The number of anilines is 1. The summed E-state index contributed by atoms with van der Waals surface area (Å²) < 4.78 is 0. The number of rotatable bonds is 13. The van der Waals surface area contributed by atoms with Crippen molar-refractivity contribution in [2.24, 2.45) is 0 Å². The van der Waals surface area contributed by atoms with Gasteiger partial charge in [0, 0.05) is 18.5 Å². The van der Waals surface area contributed by atoms with Crippen LogP contribution in [0.15, 0.2) is 121 Å². The minimum atomic E-state index is -0.994. The van der Waals surface area contributed by atoms with Gasteiger partial charge in [0.1, 0.15) is 0 Å². The van der Waals surface area contributed by atoms with Crippen LogP contribution in [0, 0.1) is 0 Å². The molecule has 38 heavy (non-hydrogen) atoms. The predicted octanol–water partition coefficient (Wildman–Crippen LogP) is 7.01. The minimum Gasteiger partial charge on any atom is -0.326 e. The lowest BCUT2D eigenvalue weighted by Gasteiger charge is -2.35. The van der Waals surface area contributed by atoms with Crippen molar-refractivity contribution in [3.8, 4) is 0 Å². The van der Waals surface area contributed by atoms with E-state index in [0.29, 0.717) is 12.8 Å². The highest BCUT2D eigenvalue weighted by atomic mass is 16.7. The van der Waals surface area contributed by atoms with Crippen molar-refractivity contribution in [3.63, 3.8) is 0 Å². The molecule has 194 valence electrons. The largest absolute Gasteiger partial charge is 0.326 e. The van der Waals surface area contributed by atoms with Crippen LogP contribution in [0.4, 0.5) is 5.69 Å². The molecule has 4 aromatic rings. The molecule has 0 aliphatic rings. The van der Waals surface area contributed by atoms with Crippen LogP contribution in [0.5, 0.6) is 0 Å². The fourth-order valence-corrected chi connectivity index (χ4v) is 4.55. The number of nitrogens with one attached hydrogen (secondary N) is 2. The first-order valence-electron chi connectivity index (χ1n) is 13.2. The summed E-state index contributed by atoms with van der Waals surface area (Å²) in [5, 5.41) is 2.90. The molecule has 2 N–H and O–H groups in total. The third-order valence-corrected chi connectivity index (χ3v) is 6.47. The monoisotopic (exact) mass is 506 g/mol. The van der Waals surface area contributed by atoms with Crippen molar-refractivity contribution < 1.29 is 14.4 Å². The quantitative estimate of drug-likeness (QED) is 0.116. The molecule has 4 rings (SSSR count). The number of carbonyl (C=O) groups excluding carboxylic acids is 2. The third kappa shape index (κ3) is 7.17. The van der Waals surface area contributed by atoms with Gasteiger partial charge in [0.25, 0.3) is 0 Å². The molecule has 0 aliphatic carbocycles. The zero-order chi connectivity index (χ0) is 26.5. The van der Waals surface area contributed by atoms with Crippen molar-refractivity contribution in [1.29, 1.82) is 0 Å². The Morgan fingerprint density at radius 3 is 1.37 bits per heavy atom. The van der Waals surface area contributed by atoms with Crippen molar-refractivity contribution in [2.45, 2.75) is 44.1 Å². The zero-order valence-corrected chi connectivity index (χ0v) is 21.5. The highest BCUT2D eigenvalue weighted by Gasteiger charge is 2.39. The van der Waals surface area contributed by atoms with E-state index >= 15 is 0 Å². The molecule has 5 heteroatoms. The first-order chi connectivity index (χ1) is 18.7. The van der Waals surface area contributed by atoms with Crippen LogP contribution >= 0.6 is 0 Å². The van der Waals surface area contributed by atoms with Crippen molar-refractivity contribution in [1.82, 2.24) is 5.48 Å². The van der Waals surface area contributed by atoms with Gasteiger partial charge in [0.05, 0.1) is 0 Å². The van der Waals surface area contributed by atoms with E-state index in [1.54, 1.807) is 0 Å². The number of hydrogen-bond acceptors (Lipinski definition) is 3. The van der Waals surface area contributed by atoms with Crippen LogP contribution in [0.3, 0.4) is 0 Å². The lowest BCUT2D eigenvalue weighted by atomic mass is 9.80. The molecule has 0 fully saturated rings. The highest BCUT2D eigenvalue weighted by Crippen LogP contribution is 2.39. The lowest BCUT2D eigenvalue weighted by molar-refractivity contribution is -0.143. The predicted molar refractivity (Wildman–Crippen MR) is 151 cm³/mol. The highest BCUT2D eigenvalue weighted by molar-refractivity contribution is 5.90. The average Bonchev–Trinajstić information content (AvgIpc) is 2.97. The molecule has 0 aliphatic heterocycles. The van der Waals surface area contributed by atoms with E-state index in [2.05, 4.69) is 10.8 Å². The summed E-state index contributed by atoms with van der Waals surface area (Å²) in [6.45, 7) is 0. The standard InChI is InChI=1S/C33H34N2O3/c36-31(34-30-23-13-6-14-24-30)25-15-1-2-16-26-32(37)35-38-33(27-17-7-3-8-18-27,28-19-9-4-10-20-28)29-21-11-5-12-22-29/h3-14,17-24H,1-2,15-16,25-26H2,(H,34,36)(H,35,37). The number of unbranched alkanes of at least 4 members (excludes halogenated alkanes) is 3. The van der Waals surface area contributed by atoms with Crippen molar-refractivity contribution >= 4 is 17.5 Å². The molecular formula is C33H34N2O3. The fourth-order valence-electron chi connectivity index (χ4n) is 4.55. The normalized spacial score (nSPS) is 11.1. The number of hydroxylamine groups is 1. The topological polar surface area (TPSA) is 67.4 Å². The summed E-state index contributed by atoms with van der Waals surface area (Å²) >= 11 is 0. The molecule has 0 saturated carbocycles. The summed E-state index contributed by atoms with van der Waals surface area (Å²) in [5.41, 5.74) is 5.34. The summed E-state index contributed by atoms with van der Waals surface area (Å²) in [5.74, 6) is -0.152. The Kier molecular flexibility index (Phi) is 9.82. The molecule has 0 saturated heterocycles. The average molecular weight is 507 g/mol. The van der Waals surface area contributed by atoms with Gasteiger partial charge in [-0.05, 0) is 41.7 Å². The maximum atomic E-state index is 12.8. The molecule has 0 spiro atoms. The second-order valence-corrected chi connectivity index (χ2v) is 9.23. The molecular weight excluding hydrogens is 472 g/mol. The van der Waals surface area contributed by atoms with Gasteiger partial charge < -0.3 is 5.32 Å². The molecule has 0 heterocycles. The Balaban J connectivity index is 1.32. The Morgan fingerprint density at radius 2 is 0.921 bits per heavy atom. The van der Waals surface area contributed by atoms with E-state index in [0.717, 1.165) is 48.1 Å². The van der Waals surface area contributed by atoms with Gasteiger partial charge in [-0.1, -0.05) is 122 Å². The second-order valence-electron chi connectivity index (χ2n) is 9.23. The van der Waals surface area contributed by atoms with Crippen LogP contribution < -0.4 is 10.8 Å². The third-order valence-electron chi connectivity index (χ3n) is 6.47. The summed E-state index contributed by atoms with van der Waals surface area (Å²) in [6, 6.07) is 39.3. The SMILES string of the molecule is O=C(CCCCCCC(=O)Nc1ccccc1)NOC(c1ccccc1)(c1ccccc1)c1ccccc1. The van der Waals surface area contributed by atoms with E-state index in [1.165, 1.54) is 0 Å². The second kappa shape index (κ2) is 13.9. The molecule has 0 bridgehead atoms. The maximum absolute atomic E-state index is 12.8. The van der Waals surface area contributed by atoms with Gasteiger partial charge in [0.15, 0.2) is 5.60 Å². The number of amides is 2. The zero-order valence-electron chi connectivity index (χ0n) is 21.5. The van der Waals surface area contributed by atoms with Gasteiger partial charge in [-0.3, -0.25) is 14.4 Å². The Bertz CT molecular complexity index is 1170. The number of carbonyl (C=O) groups is 2. The van der Waals surface area contributed by atoms with Crippen LogP contribution in [0.2, 0.25) is 0 Å². The van der Waals surface area contributed by atoms with Crippen molar-refractivity contribution in [2.75, 3.05) is 5.32 Å². The molecule has 0 atom stereocenters.